The summed E-state index contributed by atoms with van der Waals surface area (Å²) in [6.45, 7) is -0.116. The number of benzene rings is 2. The Balaban J connectivity index is 1.36. The summed E-state index contributed by atoms with van der Waals surface area (Å²) in [6, 6.07) is 15.1. The first-order chi connectivity index (χ1) is 15.4. The van der Waals surface area contributed by atoms with Gasteiger partial charge in [0.1, 0.15) is 12.4 Å². The maximum absolute atomic E-state index is 12.6. The minimum Gasteiger partial charge on any atom is -0.338 e. The molecule has 160 valence electrons. The van der Waals surface area contributed by atoms with Gasteiger partial charge in [0.05, 0.1) is 17.4 Å². The van der Waals surface area contributed by atoms with Crippen LogP contribution in [-0.2, 0) is 25.4 Å². The van der Waals surface area contributed by atoms with E-state index in [0.29, 0.717) is 5.69 Å². The van der Waals surface area contributed by atoms with Crippen LogP contribution in [0, 0.1) is 0 Å². The molecule has 5 aromatic rings. The summed E-state index contributed by atoms with van der Waals surface area (Å²) in [5, 5.41) is 2.81. The average molecular weight is 429 g/mol. The van der Waals surface area contributed by atoms with Crippen molar-refractivity contribution in [1.29, 1.82) is 0 Å². The molecule has 2 aromatic carbocycles. The normalized spacial score (nSPS) is 11.3. The van der Waals surface area contributed by atoms with Crippen molar-refractivity contribution in [3.63, 3.8) is 0 Å². The first kappa shape index (κ1) is 19.5. The number of fused-ring (bicyclic) bond motifs is 2. The molecule has 2 N–H and O–H groups in total. The predicted molar refractivity (Wildman–Crippen MR) is 120 cm³/mol. The van der Waals surface area contributed by atoms with Gasteiger partial charge in [-0.3, -0.25) is 18.7 Å². The maximum Gasteiger partial charge on any atom is 0.332 e. The maximum atomic E-state index is 12.6. The molecule has 0 aliphatic heterocycles. The molecule has 0 radical (unpaired) electrons. The third-order valence-electron chi connectivity index (χ3n) is 5.36. The van der Waals surface area contributed by atoms with E-state index in [1.54, 1.807) is 12.1 Å². The molecule has 10 heteroatoms. The van der Waals surface area contributed by atoms with Gasteiger partial charge in [0, 0.05) is 25.3 Å². The lowest BCUT2D eigenvalue weighted by Gasteiger charge is -2.08. The summed E-state index contributed by atoms with van der Waals surface area (Å²) >= 11 is 0. The topological polar surface area (TPSA) is 120 Å². The summed E-state index contributed by atoms with van der Waals surface area (Å²) in [5.41, 5.74) is 2.81. The number of carbonyl (C=O) groups is 1. The van der Waals surface area contributed by atoms with Gasteiger partial charge in [0.25, 0.3) is 5.56 Å². The second-order valence-electron chi connectivity index (χ2n) is 7.48. The van der Waals surface area contributed by atoms with Gasteiger partial charge < -0.3 is 14.9 Å². The number of aromatic nitrogens is 6. The minimum absolute atomic E-state index is 0.116. The van der Waals surface area contributed by atoms with Crippen LogP contribution < -0.4 is 16.6 Å². The average Bonchev–Trinajstić information content (AvgIpc) is 3.41. The molecular weight excluding hydrogens is 410 g/mol. The third-order valence-corrected chi connectivity index (χ3v) is 5.36. The molecule has 0 saturated carbocycles. The Bertz CT molecular complexity index is 1570. The van der Waals surface area contributed by atoms with Crippen molar-refractivity contribution in [2.45, 2.75) is 6.54 Å². The smallest absolute Gasteiger partial charge is 0.332 e. The Morgan fingerprint density at radius 3 is 2.53 bits per heavy atom. The van der Waals surface area contributed by atoms with E-state index in [4.69, 9.17) is 0 Å². The molecule has 0 aliphatic rings. The Hall–Kier alpha value is -4.47. The summed E-state index contributed by atoms with van der Waals surface area (Å²) in [4.78, 5) is 49.1. The van der Waals surface area contributed by atoms with Crippen LogP contribution in [-0.4, -0.2) is 34.6 Å². The van der Waals surface area contributed by atoms with Crippen LogP contribution in [0.5, 0.6) is 0 Å². The number of rotatable bonds is 4. The fourth-order valence-electron chi connectivity index (χ4n) is 3.67. The Morgan fingerprint density at radius 2 is 1.78 bits per heavy atom. The Kier molecular flexibility index (Phi) is 4.47. The van der Waals surface area contributed by atoms with E-state index in [-0.39, 0.29) is 23.6 Å². The van der Waals surface area contributed by atoms with Gasteiger partial charge in [-0.15, -0.1) is 0 Å². The summed E-state index contributed by atoms with van der Waals surface area (Å²) < 4.78 is 3.71. The number of nitrogens with one attached hydrogen (secondary N) is 2. The standard InChI is InChI=1S/C22H19N7O3/c1-27-20-18(21(31)28(2)22(27)32)29(12-23-20)11-17(30)24-14-9-7-13(8-10-14)19-25-15-5-3-4-6-16(15)26-19/h3-10,12H,11H2,1-2H3,(H,24,30)(H,25,26). The zero-order valence-electron chi connectivity index (χ0n) is 17.4. The molecule has 3 heterocycles. The van der Waals surface area contributed by atoms with E-state index in [2.05, 4.69) is 20.3 Å². The highest BCUT2D eigenvalue weighted by Gasteiger charge is 2.16. The van der Waals surface area contributed by atoms with Gasteiger partial charge in [-0.25, -0.2) is 14.8 Å². The lowest BCUT2D eigenvalue weighted by atomic mass is 10.2. The number of nitrogens with zero attached hydrogens (tertiary/aromatic N) is 5. The van der Waals surface area contributed by atoms with Crippen molar-refractivity contribution in [3.05, 3.63) is 75.7 Å². The van der Waals surface area contributed by atoms with E-state index in [0.717, 1.165) is 27.0 Å². The molecule has 0 saturated heterocycles. The molecule has 10 nitrogen and oxygen atoms in total. The molecule has 0 aliphatic carbocycles. The van der Waals surface area contributed by atoms with Crippen LogP contribution in [0.25, 0.3) is 33.6 Å². The number of hydrogen-bond donors (Lipinski definition) is 2. The first-order valence-corrected chi connectivity index (χ1v) is 9.88. The number of para-hydroxylation sites is 2. The molecule has 0 unspecified atom stereocenters. The van der Waals surface area contributed by atoms with Crippen molar-refractivity contribution in [3.8, 4) is 11.4 Å². The fourth-order valence-corrected chi connectivity index (χ4v) is 3.67. The van der Waals surface area contributed by atoms with E-state index in [1.165, 1.54) is 29.6 Å². The molecular formula is C22H19N7O3. The number of anilines is 1. The van der Waals surface area contributed by atoms with E-state index in [9.17, 15) is 14.4 Å². The zero-order valence-corrected chi connectivity index (χ0v) is 17.4. The van der Waals surface area contributed by atoms with E-state index < -0.39 is 11.2 Å². The van der Waals surface area contributed by atoms with Crippen LogP contribution >= 0.6 is 0 Å². The van der Waals surface area contributed by atoms with Crippen LogP contribution in [0.2, 0.25) is 0 Å². The quantitative estimate of drug-likeness (QED) is 0.450. The monoisotopic (exact) mass is 429 g/mol. The van der Waals surface area contributed by atoms with E-state index in [1.807, 2.05) is 36.4 Å². The molecule has 0 bridgehead atoms. The molecule has 3 aromatic heterocycles. The van der Waals surface area contributed by atoms with Crippen LogP contribution in [0.3, 0.4) is 0 Å². The molecule has 0 spiro atoms. The lowest BCUT2D eigenvalue weighted by molar-refractivity contribution is -0.116. The highest BCUT2D eigenvalue weighted by atomic mass is 16.2. The van der Waals surface area contributed by atoms with Gasteiger partial charge in [-0.1, -0.05) is 12.1 Å². The highest BCUT2D eigenvalue weighted by molar-refractivity contribution is 5.91. The summed E-state index contributed by atoms with van der Waals surface area (Å²) in [6.07, 6.45) is 1.38. The number of hydrogen-bond acceptors (Lipinski definition) is 5. The molecule has 0 atom stereocenters. The van der Waals surface area contributed by atoms with Gasteiger partial charge in [-0.05, 0) is 36.4 Å². The number of amides is 1. The van der Waals surface area contributed by atoms with Crippen LogP contribution in [0.1, 0.15) is 0 Å². The van der Waals surface area contributed by atoms with Gasteiger partial charge in [-0.2, -0.15) is 0 Å². The van der Waals surface area contributed by atoms with Crippen LogP contribution in [0.4, 0.5) is 5.69 Å². The number of aromatic amines is 1. The number of aryl methyl sites for hydroxylation is 1. The molecule has 0 fully saturated rings. The van der Waals surface area contributed by atoms with Crippen molar-refractivity contribution in [1.82, 2.24) is 28.7 Å². The first-order valence-electron chi connectivity index (χ1n) is 9.88. The number of imidazole rings is 2. The predicted octanol–water partition coefficient (Wildman–Crippen LogP) is 1.62. The van der Waals surface area contributed by atoms with Crippen molar-refractivity contribution >= 4 is 33.8 Å². The Morgan fingerprint density at radius 1 is 1.03 bits per heavy atom. The highest BCUT2D eigenvalue weighted by Crippen LogP contribution is 2.22. The zero-order chi connectivity index (χ0) is 22.4. The largest absolute Gasteiger partial charge is 0.338 e. The van der Waals surface area contributed by atoms with Crippen LogP contribution in [0.15, 0.2) is 64.4 Å². The molecule has 32 heavy (non-hydrogen) atoms. The van der Waals surface area contributed by atoms with Crippen molar-refractivity contribution < 1.29 is 4.79 Å². The molecule has 5 rings (SSSR count). The SMILES string of the molecule is Cn1c(=O)c2c(ncn2CC(=O)Nc2ccc(-c3nc4ccccc4[nH]3)cc2)n(C)c1=O. The molecule has 1 amide bonds. The number of carbonyl (C=O) groups excluding carboxylic acids is 1. The minimum atomic E-state index is -0.497. The van der Waals surface area contributed by atoms with Crippen molar-refractivity contribution in [2.24, 2.45) is 14.1 Å². The van der Waals surface area contributed by atoms with E-state index >= 15 is 0 Å². The second kappa shape index (κ2) is 7.34. The third kappa shape index (κ3) is 3.18. The van der Waals surface area contributed by atoms with Gasteiger partial charge in [0.15, 0.2) is 11.2 Å². The summed E-state index contributed by atoms with van der Waals surface area (Å²) in [7, 11) is 2.93. The summed E-state index contributed by atoms with van der Waals surface area (Å²) in [5.74, 6) is 0.423. The van der Waals surface area contributed by atoms with Gasteiger partial charge in [0.2, 0.25) is 5.91 Å². The Labute approximate surface area is 180 Å². The second-order valence-corrected chi connectivity index (χ2v) is 7.48. The van der Waals surface area contributed by atoms with Gasteiger partial charge >= 0.3 is 5.69 Å². The fraction of sp³-hybridized carbons (Fsp3) is 0.136. The van der Waals surface area contributed by atoms with Crippen molar-refractivity contribution in [2.75, 3.05) is 5.32 Å². The lowest BCUT2D eigenvalue weighted by Crippen LogP contribution is -2.37. The number of H-pyrrole nitrogens is 1.